The van der Waals surface area contributed by atoms with Crippen molar-refractivity contribution in [1.82, 2.24) is 4.98 Å². The molecule has 0 amide bonds. The lowest BCUT2D eigenvalue weighted by Gasteiger charge is -2.02. The van der Waals surface area contributed by atoms with Crippen molar-refractivity contribution < 1.29 is 0 Å². The molecular formula is C27H19N3. The van der Waals surface area contributed by atoms with Crippen LogP contribution in [0.15, 0.2) is 113 Å². The summed E-state index contributed by atoms with van der Waals surface area (Å²) in [7, 11) is 0. The van der Waals surface area contributed by atoms with E-state index in [9.17, 15) is 0 Å². The van der Waals surface area contributed by atoms with Gasteiger partial charge in [-0.25, -0.2) is 4.98 Å². The fraction of sp³-hybridized carbons (Fsp3) is 0. The highest BCUT2D eigenvalue weighted by Crippen LogP contribution is 2.26. The van der Waals surface area contributed by atoms with Crippen LogP contribution in [0.5, 0.6) is 0 Å². The predicted octanol–water partition coefficient (Wildman–Crippen LogP) is 6.89. The molecule has 0 unspecified atom stereocenters. The first-order valence-corrected chi connectivity index (χ1v) is 9.87. The SMILES string of the molecule is C(=N\c1cccc2ccccc12)/c1cccc(/C=N/c2cccc3ccccc23)n1. The monoisotopic (exact) mass is 385 g/mol. The molecule has 0 aliphatic heterocycles. The van der Waals surface area contributed by atoms with E-state index in [1.165, 1.54) is 10.8 Å². The molecule has 4 aromatic carbocycles. The lowest BCUT2D eigenvalue weighted by atomic mass is 10.1. The first-order chi connectivity index (χ1) is 14.9. The quantitative estimate of drug-likeness (QED) is 0.310. The van der Waals surface area contributed by atoms with Crippen LogP contribution in [0.2, 0.25) is 0 Å². The minimum atomic E-state index is 0.796. The van der Waals surface area contributed by atoms with Crippen molar-refractivity contribution in [3.05, 3.63) is 115 Å². The van der Waals surface area contributed by atoms with Crippen LogP contribution in [0.4, 0.5) is 11.4 Å². The van der Waals surface area contributed by atoms with Gasteiger partial charge < -0.3 is 0 Å². The Morgan fingerprint density at radius 1 is 0.467 bits per heavy atom. The van der Waals surface area contributed by atoms with E-state index in [0.29, 0.717) is 0 Å². The van der Waals surface area contributed by atoms with E-state index >= 15 is 0 Å². The summed E-state index contributed by atoms with van der Waals surface area (Å²) >= 11 is 0. The molecule has 0 atom stereocenters. The molecule has 1 heterocycles. The first-order valence-electron chi connectivity index (χ1n) is 9.87. The fourth-order valence-corrected chi connectivity index (χ4v) is 3.53. The molecule has 1 aromatic heterocycles. The van der Waals surface area contributed by atoms with Crippen LogP contribution in [0.3, 0.4) is 0 Å². The smallest absolute Gasteiger partial charge is 0.0820 e. The molecule has 0 saturated carbocycles. The summed E-state index contributed by atoms with van der Waals surface area (Å²) in [5.41, 5.74) is 3.46. The number of fused-ring (bicyclic) bond motifs is 2. The Labute approximate surface area is 175 Å². The summed E-state index contributed by atoms with van der Waals surface area (Å²) in [6.07, 6.45) is 3.61. The summed E-state index contributed by atoms with van der Waals surface area (Å²) in [6.45, 7) is 0. The van der Waals surface area contributed by atoms with Gasteiger partial charge in [0.2, 0.25) is 0 Å². The predicted molar refractivity (Wildman–Crippen MR) is 127 cm³/mol. The third-order valence-corrected chi connectivity index (χ3v) is 5.00. The van der Waals surface area contributed by atoms with Crippen LogP contribution in [0.1, 0.15) is 11.4 Å². The maximum absolute atomic E-state index is 4.67. The van der Waals surface area contributed by atoms with Crippen LogP contribution >= 0.6 is 0 Å². The van der Waals surface area contributed by atoms with E-state index in [4.69, 9.17) is 0 Å². The van der Waals surface area contributed by atoms with Gasteiger partial charge in [-0.15, -0.1) is 0 Å². The number of aliphatic imine (C=N–C) groups is 2. The summed E-state index contributed by atoms with van der Waals surface area (Å²) < 4.78 is 0. The molecule has 0 spiro atoms. The van der Waals surface area contributed by atoms with Gasteiger partial charge in [0, 0.05) is 10.8 Å². The largest absolute Gasteiger partial charge is 0.254 e. The van der Waals surface area contributed by atoms with E-state index in [1.54, 1.807) is 12.4 Å². The Morgan fingerprint density at radius 3 is 1.43 bits per heavy atom. The zero-order chi connectivity index (χ0) is 20.2. The average molecular weight is 385 g/mol. The number of pyridine rings is 1. The van der Waals surface area contributed by atoms with Crippen molar-refractivity contribution in [3.63, 3.8) is 0 Å². The Hall–Kier alpha value is -4.11. The summed E-state index contributed by atoms with van der Waals surface area (Å²) in [6, 6.07) is 34.6. The zero-order valence-corrected chi connectivity index (χ0v) is 16.3. The van der Waals surface area contributed by atoms with Crippen LogP contribution in [0, 0.1) is 0 Å². The molecule has 0 saturated heterocycles. The Balaban J connectivity index is 1.43. The first kappa shape index (κ1) is 18.0. The van der Waals surface area contributed by atoms with Crippen LogP contribution in [-0.2, 0) is 0 Å². The second-order valence-corrected chi connectivity index (χ2v) is 7.00. The van der Waals surface area contributed by atoms with Gasteiger partial charge in [0.25, 0.3) is 0 Å². The third kappa shape index (κ3) is 3.74. The minimum absolute atomic E-state index is 0.796. The average Bonchev–Trinajstić information content (AvgIpc) is 2.81. The van der Waals surface area contributed by atoms with Crippen molar-refractivity contribution in [3.8, 4) is 0 Å². The number of aromatic nitrogens is 1. The molecular weight excluding hydrogens is 366 g/mol. The number of rotatable bonds is 4. The summed E-state index contributed by atoms with van der Waals surface area (Å²) in [5.74, 6) is 0. The second kappa shape index (κ2) is 8.10. The number of hydrogen-bond donors (Lipinski definition) is 0. The molecule has 142 valence electrons. The van der Waals surface area contributed by atoms with Crippen molar-refractivity contribution in [2.75, 3.05) is 0 Å². The highest BCUT2D eigenvalue weighted by atomic mass is 14.8. The normalized spacial score (nSPS) is 11.7. The van der Waals surface area contributed by atoms with Crippen molar-refractivity contribution in [2.24, 2.45) is 9.98 Å². The third-order valence-electron chi connectivity index (χ3n) is 5.00. The van der Waals surface area contributed by atoms with Gasteiger partial charge >= 0.3 is 0 Å². The Kier molecular flexibility index (Phi) is 4.84. The molecule has 0 aliphatic rings. The van der Waals surface area contributed by atoms with Gasteiger partial charge in [0.1, 0.15) is 0 Å². The Morgan fingerprint density at radius 2 is 0.900 bits per heavy atom. The highest BCUT2D eigenvalue weighted by Gasteiger charge is 2.00. The van der Waals surface area contributed by atoms with E-state index < -0.39 is 0 Å². The van der Waals surface area contributed by atoms with Crippen molar-refractivity contribution in [2.45, 2.75) is 0 Å². The van der Waals surface area contributed by atoms with E-state index in [-0.39, 0.29) is 0 Å². The van der Waals surface area contributed by atoms with Gasteiger partial charge in [0.05, 0.1) is 35.2 Å². The Bertz CT molecular complexity index is 1280. The molecule has 5 rings (SSSR count). The van der Waals surface area contributed by atoms with Gasteiger partial charge in [0.15, 0.2) is 0 Å². The van der Waals surface area contributed by atoms with Gasteiger partial charge in [-0.3, -0.25) is 9.98 Å². The molecule has 5 aromatic rings. The topological polar surface area (TPSA) is 37.6 Å². The molecule has 0 bridgehead atoms. The number of nitrogens with zero attached hydrogens (tertiary/aromatic N) is 3. The maximum atomic E-state index is 4.67. The molecule has 0 N–H and O–H groups in total. The fourth-order valence-electron chi connectivity index (χ4n) is 3.53. The molecule has 3 heteroatoms. The highest BCUT2D eigenvalue weighted by molar-refractivity contribution is 5.96. The van der Waals surface area contributed by atoms with Crippen LogP contribution in [-0.4, -0.2) is 17.4 Å². The minimum Gasteiger partial charge on any atom is -0.254 e. The number of hydrogen-bond acceptors (Lipinski definition) is 3. The van der Waals surface area contributed by atoms with Gasteiger partial charge in [-0.05, 0) is 35.0 Å². The summed E-state index contributed by atoms with van der Waals surface area (Å²) in [4.78, 5) is 14.0. The molecule has 0 aliphatic carbocycles. The standard InChI is InChI=1S/C27H19N3/c1-3-14-24-20(8-1)10-5-16-26(24)28-18-22-12-7-13-23(30-22)19-29-27-17-6-11-21-9-2-4-15-25(21)27/h1-19H/b28-18+,29-19+. The van der Waals surface area contributed by atoms with Crippen molar-refractivity contribution >= 4 is 45.3 Å². The van der Waals surface area contributed by atoms with Crippen molar-refractivity contribution in [1.29, 1.82) is 0 Å². The lowest BCUT2D eigenvalue weighted by Crippen LogP contribution is -1.93. The van der Waals surface area contributed by atoms with E-state index in [0.717, 1.165) is 33.5 Å². The van der Waals surface area contributed by atoms with Gasteiger partial charge in [-0.2, -0.15) is 0 Å². The van der Waals surface area contributed by atoms with E-state index in [2.05, 4.69) is 51.4 Å². The molecule has 0 fully saturated rings. The maximum Gasteiger partial charge on any atom is 0.0820 e. The van der Waals surface area contributed by atoms with Crippen LogP contribution in [0.25, 0.3) is 21.5 Å². The molecule has 30 heavy (non-hydrogen) atoms. The summed E-state index contributed by atoms with van der Waals surface area (Å²) in [5, 5.41) is 4.61. The zero-order valence-electron chi connectivity index (χ0n) is 16.3. The van der Waals surface area contributed by atoms with E-state index in [1.807, 2.05) is 66.7 Å². The molecule has 3 nitrogen and oxygen atoms in total. The lowest BCUT2D eigenvalue weighted by molar-refractivity contribution is 1.27. The number of benzene rings is 4. The van der Waals surface area contributed by atoms with Crippen LogP contribution < -0.4 is 0 Å². The van der Waals surface area contributed by atoms with Gasteiger partial charge in [-0.1, -0.05) is 78.9 Å². The second-order valence-electron chi connectivity index (χ2n) is 7.00. The molecule has 0 radical (unpaired) electrons.